The van der Waals surface area contributed by atoms with Gasteiger partial charge < -0.3 is 15.2 Å². The Morgan fingerprint density at radius 3 is 2.57 bits per heavy atom. The number of amides is 2. The third-order valence-corrected chi connectivity index (χ3v) is 6.63. The number of aromatic nitrogens is 5. The number of pyridine rings is 1. The highest BCUT2D eigenvalue weighted by molar-refractivity contribution is 7.13. The third-order valence-electron chi connectivity index (χ3n) is 5.15. The van der Waals surface area contributed by atoms with Crippen LogP contribution >= 0.6 is 22.9 Å². The highest BCUT2D eigenvalue weighted by Gasteiger charge is 2.34. The van der Waals surface area contributed by atoms with Gasteiger partial charge in [-0.15, -0.1) is 11.3 Å². The van der Waals surface area contributed by atoms with Gasteiger partial charge in [0.15, 0.2) is 0 Å². The Labute approximate surface area is 205 Å². The Morgan fingerprint density at radius 1 is 1.11 bits per heavy atom. The van der Waals surface area contributed by atoms with Crippen LogP contribution in [-0.4, -0.2) is 36.3 Å². The molecule has 182 valence electrons. The molecule has 4 aromatic heterocycles. The van der Waals surface area contributed by atoms with Crippen LogP contribution in [0.25, 0.3) is 11.0 Å². The van der Waals surface area contributed by atoms with Crippen molar-refractivity contribution in [3.8, 4) is 0 Å². The van der Waals surface area contributed by atoms with Gasteiger partial charge in [-0.2, -0.15) is 13.2 Å². The van der Waals surface area contributed by atoms with E-state index >= 15 is 0 Å². The fraction of sp³-hybridized carbons (Fsp3) is 0.238. The van der Waals surface area contributed by atoms with Gasteiger partial charge in [-0.1, -0.05) is 11.6 Å². The number of nitrogens with zero attached hydrogens (tertiary/aromatic N) is 5. The fourth-order valence-electron chi connectivity index (χ4n) is 3.26. The lowest BCUT2D eigenvalue weighted by molar-refractivity contribution is -0.137. The number of hydrogen-bond acceptors (Lipinski definition) is 7. The van der Waals surface area contributed by atoms with E-state index in [1.54, 1.807) is 6.92 Å². The van der Waals surface area contributed by atoms with Crippen molar-refractivity contribution in [1.29, 1.82) is 0 Å². The maximum absolute atomic E-state index is 13.0. The molecule has 9 nitrogen and oxygen atoms in total. The van der Waals surface area contributed by atoms with E-state index in [0.29, 0.717) is 22.1 Å². The lowest BCUT2D eigenvalue weighted by Crippen LogP contribution is -2.27. The molecule has 0 spiro atoms. The number of aryl methyl sites for hydroxylation is 2. The van der Waals surface area contributed by atoms with Gasteiger partial charge in [-0.25, -0.2) is 19.9 Å². The van der Waals surface area contributed by atoms with Crippen molar-refractivity contribution in [2.45, 2.75) is 26.1 Å². The predicted octanol–water partition coefficient (Wildman–Crippen LogP) is 4.54. The van der Waals surface area contributed by atoms with Crippen molar-refractivity contribution in [2.24, 2.45) is 7.05 Å². The van der Waals surface area contributed by atoms with E-state index in [4.69, 9.17) is 11.6 Å². The zero-order valence-electron chi connectivity index (χ0n) is 18.4. The Hall–Kier alpha value is -3.58. The third kappa shape index (κ3) is 4.95. The lowest BCUT2D eigenvalue weighted by Gasteiger charge is -2.11. The van der Waals surface area contributed by atoms with Crippen molar-refractivity contribution in [3.05, 3.63) is 62.7 Å². The largest absolute Gasteiger partial charge is 0.418 e. The Bertz CT molecular complexity index is 1450. The van der Waals surface area contributed by atoms with Crippen LogP contribution in [0, 0.1) is 6.92 Å². The van der Waals surface area contributed by atoms with Crippen LogP contribution in [0.2, 0.25) is 5.02 Å². The molecule has 35 heavy (non-hydrogen) atoms. The van der Waals surface area contributed by atoms with Crippen LogP contribution in [-0.2, 0) is 13.2 Å². The van der Waals surface area contributed by atoms with E-state index in [-0.39, 0.29) is 16.4 Å². The topological polar surface area (TPSA) is 115 Å². The zero-order valence-corrected chi connectivity index (χ0v) is 20.0. The number of anilines is 1. The molecule has 4 heterocycles. The minimum absolute atomic E-state index is 0.120. The number of hydrogen-bond donors (Lipinski definition) is 2. The highest BCUT2D eigenvalue weighted by Crippen LogP contribution is 2.35. The summed E-state index contributed by atoms with van der Waals surface area (Å²) >= 11 is 6.53. The summed E-state index contributed by atoms with van der Waals surface area (Å²) in [6.07, 6.45) is -1.31. The SMILES string of the molecule is Cc1cc2c(C(=O)NC(C)c3ncc(C(=O)Nc4cc(C(F)(F)F)c(Cl)cn4)s3)ncnc2n1C. The van der Waals surface area contributed by atoms with Gasteiger partial charge in [-0.05, 0) is 26.0 Å². The molecular weight excluding hydrogens is 507 g/mol. The Kier molecular flexibility index (Phi) is 6.47. The molecule has 14 heteroatoms. The van der Waals surface area contributed by atoms with Crippen molar-refractivity contribution >= 4 is 51.6 Å². The van der Waals surface area contributed by atoms with E-state index in [0.717, 1.165) is 23.2 Å². The molecule has 0 aliphatic carbocycles. The molecule has 1 atom stereocenters. The molecule has 2 N–H and O–H groups in total. The Balaban J connectivity index is 1.47. The number of halogens is 4. The zero-order chi connectivity index (χ0) is 25.5. The number of carbonyl (C=O) groups is 2. The summed E-state index contributed by atoms with van der Waals surface area (Å²) in [7, 11) is 1.83. The summed E-state index contributed by atoms with van der Waals surface area (Å²) in [6.45, 7) is 3.57. The summed E-state index contributed by atoms with van der Waals surface area (Å²) in [4.78, 5) is 41.7. The van der Waals surface area contributed by atoms with Gasteiger partial charge >= 0.3 is 6.18 Å². The fourth-order valence-corrected chi connectivity index (χ4v) is 4.29. The first-order chi connectivity index (χ1) is 16.5. The van der Waals surface area contributed by atoms with E-state index in [2.05, 4.69) is 30.6 Å². The summed E-state index contributed by atoms with van der Waals surface area (Å²) in [5, 5.41) is 5.53. The molecule has 0 radical (unpaired) electrons. The molecule has 0 aliphatic heterocycles. The second-order valence-corrected chi connectivity index (χ2v) is 9.03. The summed E-state index contributed by atoms with van der Waals surface area (Å²) in [6, 6.07) is 1.89. The van der Waals surface area contributed by atoms with Crippen LogP contribution in [0.4, 0.5) is 19.0 Å². The second kappa shape index (κ2) is 9.23. The maximum atomic E-state index is 13.0. The van der Waals surface area contributed by atoms with Crippen molar-refractivity contribution < 1.29 is 22.8 Å². The first kappa shape index (κ1) is 24.5. The number of nitrogens with one attached hydrogen (secondary N) is 2. The van der Waals surface area contributed by atoms with E-state index in [1.807, 2.05) is 24.6 Å². The van der Waals surface area contributed by atoms with Gasteiger partial charge in [0.05, 0.1) is 28.2 Å². The van der Waals surface area contributed by atoms with Crippen molar-refractivity contribution in [3.63, 3.8) is 0 Å². The average molecular weight is 524 g/mol. The standard InChI is InChI=1S/C21H17ClF3N7O2S/c1-9-4-11-16(28-8-29-17(11)32(9)3)19(34)30-10(2)20-27-7-14(35-20)18(33)31-15-5-12(21(23,24)25)13(22)6-26-15/h4-8,10H,1-3H3,(H,30,34)(H,26,31,33). The van der Waals surface area contributed by atoms with Gasteiger partial charge in [0.2, 0.25) is 0 Å². The van der Waals surface area contributed by atoms with Gasteiger partial charge in [-0.3, -0.25) is 9.59 Å². The molecule has 0 saturated carbocycles. The van der Waals surface area contributed by atoms with E-state index in [1.165, 1.54) is 12.5 Å². The molecule has 2 amide bonds. The van der Waals surface area contributed by atoms with Gasteiger partial charge in [0.1, 0.15) is 33.4 Å². The summed E-state index contributed by atoms with van der Waals surface area (Å²) in [5.41, 5.74) is 0.622. The second-order valence-electron chi connectivity index (χ2n) is 7.56. The lowest BCUT2D eigenvalue weighted by atomic mass is 10.2. The number of alkyl halides is 3. The monoisotopic (exact) mass is 523 g/mol. The molecule has 4 aromatic rings. The summed E-state index contributed by atoms with van der Waals surface area (Å²) in [5.74, 6) is -1.46. The maximum Gasteiger partial charge on any atom is 0.418 e. The number of fused-ring (bicyclic) bond motifs is 1. The molecule has 0 saturated heterocycles. The summed E-state index contributed by atoms with van der Waals surface area (Å²) < 4.78 is 41.0. The molecule has 1 unspecified atom stereocenters. The van der Waals surface area contributed by atoms with Crippen molar-refractivity contribution in [1.82, 2.24) is 29.8 Å². The van der Waals surface area contributed by atoms with Crippen LogP contribution < -0.4 is 10.6 Å². The molecule has 0 bridgehead atoms. The van der Waals surface area contributed by atoms with Crippen LogP contribution in [0.15, 0.2) is 30.9 Å². The van der Waals surface area contributed by atoms with Gasteiger partial charge in [0.25, 0.3) is 11.8 Å². The number of rotatable bonds is 5. The van der Waals surface area contributed by atoms with E-state index in [9.17, 15) is 22.8 Å². The van der Waals surface area contributed by atoms with Crippen LogP contribution in [0.1, 0.15) is 49.4 Å². The molecular formula is C21H17ClF3N7O2S. The molecule has 0 aromatic carbocycles. The van der Waals surface area contributed by atoms with Crippen molar-refractivity contribution in [2.75, 3.05) is 5.32 Å². The number of carbonyl (C=O) groups excluding carboxylic acids is 2. The molecule has 4 rings (SSSR count). The smallest absolute Gasteiger partial charge is 0.342 e. The Morgan fingerprint density at radius 2 is 1.86 bits per heavy atom. The minimum atomic E-state index is -4.70. The number of thiazole rings is 1. The highest BCUT2D eigenvalue weighted by atomic mass is 35.5. The first-order valence-corrected chi connectivity index (χ1v) is 11.2. The van der Waals surface area contributed by atoms with Crippen LogP contribution in [0.3, 0.4) is 0 Å². The minimum Gasteiger partial charge on any atom is -0.342 e. The molecule has 0 aliphatic rings. The van der Waals surface area contributed by atoms with E-state index < -0.39 is 34.6 Å². The quantitative estimate of drug-likeness (QED) is 0.397. The first-order valence-electron chi connectivity index (χ1n) is 10.0. The molecule has 0 fully saturated rings. The average Bonchev–Trinajstić information content (AvgIpc) is 3.40. The predicted molar refractivity (Wildman–Crippen MR) is 123 cm³/mol. The normalized spacial score (nSPS) is 12.5. The van der Waals surface area contributed by atoms with Gasteiger partial charge in [0, 0.05) is 18.9 Å². The van der Waals surface area contributed by atoms with Crippen LogP contribution in [0.5, 0.6) is 0 Å².